The Morgan fingerprint density at radius 3 is 2.44 bits per heavy atom. The number of H-pyrrole nitrogens is 1. The lowest BCUT2D eigenvalue weighted by Crippen LogP contribution is -2.50. The predicted molar refractivity (Wildman–Crippen MR) is 134 cm³/mol. The Hall–Kier alpha value is -2.60. The van der Waals surface area contributed by atoms with Crippen LogP contribution in [-0.2, 0) is 6.42 Å². The molecular formula is C28H31F6N3O2. The fraction of sp³-hybridized carbons (Fsp3) is 0.500. The smallest absolute Gasteiger partial charge is 0.283 e. The first-order valence-electron chi connectivity index (χ1n) is 13.0. The van der Waals surface area contributed by atoms with Gasteiger partial charge in [-0.25, -0.2) is 22.0 Å². The first-order chi connectivity index (χ1) is 18.5. The second kappa shape index (κ2) is 10.8. The molecule has 3 aromatic rings. The molecule has 0 aliphatic carbocycles. The molecule has 2 aliphatic heterocycles. The number of nitrogens with one attached hydrogen (secondary N) is 1. The number of fused-ring (bicyclic) bond motifs is 3. The molecule has 0 amide bonds. The van der Waals surface area contributed by atoms with E-state index in [0.29, 0.717) is 37.0 Å². The van der Waals surface area contributed by atoms with Gasteiger partial charge in [-0.05, 0) is 49.1 Å². The third kappa shape index (κ3) is 5.17. The molecule has 0 saturated carbocycles. The number of alkyl halides is 3. The number of halogens is 6. The molecular weight excluding hydrogens is 524 g/mol. The summed E-state index contributed by atoms with van der Waals surface area (Å²) in [4.78, 5) is 6.06. The number of aromatic nitrogens is 1. The van der Waals surface area contributed by atoms with Crippen LogP contribution in [0.15, 0.2) is 30.3 Å². The minimum absolute atomic E-state index is 0.0166. The van der Waals surface area contributed by atoms with Crippen molar-refractivity contribution >= 4 is 10.9 Å². The molecule has 3 N–H and O–H groups in total. The number of hydrogen-bond acceptors (Lipinski definition) is 4. The van der Waals surface area contributed by atoms with Gasteiger partial charge in [0.15, 0.2) is 0 Å². The average Bonchev–Trinajstić information content (AvgIpc) is 3.23. The highest BCUT2D eigenvalue weighted by molar-refractivity contribution is 5.86. The van der Waals surface area contributed by atoms with Crippen molar-refractivity contribution in [3.05, 3.63) is 70.2 Å². The van der Waals surface area contributed by atoms with Crippen molar-refractivity contribution in [1.82, 2.24) is 14.8 Å². The standard InChI is InChI=1S/C28H31F6N3O2/c1-15-8-19-18-4-2-5-20(30)24(18)35-25(19)26(37(15)13-28(33,34)14-38)23-21(31)9-16(10-22(23)32)27(39)17-11-36(12-17)7-3-6-29/h2,4-5,9-10,15,17,26-27,35,38-39H,3,6-8,11-14H2,1H3/t15-,26+,27?/m0/s1. The lowest BCUT2D eigenvalue weighted by molar-refractivity contribution is -0.0869. The predicted octanol–water partition coefficient (Wildman–Crippen LogP) is 4.87. The molecule has 212 valence electrons. The summed E-state index contributed by atoms with van der Waals surface area (Å²) in [6.45, 7) is 0.210. The Morgan fingerprint density at radius 1 is 1.10 bits per heavy atom. The van der Waals surface area contributed by atoms with E-state index in [4.69, 9.17) is 0 Å². The zero-order valence-corrected chi connectivity index (χ0v) is 21.4. The first kappa shape index (κ1) is 27.9. The summed E-state index contributed by atoms with van der Waals surface area (Å²) in [5, 5.41) is 20.5. The van der Waals surface area contributed by atoms with Gasteiger partial charge in [-0.3, -0.25) is 9.29 Å². The summed E-state index contributed by atoms with van der Waals surface area (Å²) in [6.07, 6.45) is -0.578. The summed E-state index contributed by atoms with van der Waals surface area (Å²) in [6, 6.07) is 4.44. The zero-order valence-electron chi connectivity index (χ0n) is 21.4. The van der Waals surface area contributed by atoms with Gasteiger partial charge in [-0.15, -0.1) is 0 Å². The van der Waals surface area contributed by atoms with E-state index in [9.17, 15) is 27.8 Å². The number of hydrogen-bond donors (Lipinski definition) is 3. The third-order valence-electron chi connectivity index (χ3n) is 8.00. The van der Waals surface area contributed by atoms with Crippen LogP contribution >= 0.6 is 0 Å². The van der Waals surface area contributed by atoms with Crippen molar-refractivity contribution in [3.8, 4) is 0 Å². The largest absolute Gasteiger partial charge is 0.390 e. The fourth-order valence-electron chi connectivity index (χ4n) is 6.00. The minimum Gasteiger partial charge on any atom is -0.390 e. The molecule has 11 heteroatoms. The number of para-hydroxylation sites is 1. The van der Waals surface area contributed by atoms with Crippen molar-refractivity contribution in [1.29, 1.82) is 0 Å². The Labute approximate surface area is 222 Å². The molecule has 3 heterocycles. The van der Waals surface area contributed by atoms with Gasteiger partial charge < -0.3 is 20.1 Å². The van der Waals surface area contributed by atoms with Gasteiger partial charge in [0, 0.05) is 48.2 Å². The summed E-state index contributed by atoms with van der Waals surface area (Å²) in [5.74, 6) is -6.48. The minimum atomic E-state index is -3.55. The van der Waals surface area contributed by atoms with E-state index in [1.54, 1.807) is 13.0 Å². The zero-order chi connectivity index (χ0) is 28.1. The SMILES string of the molecule is C[C@H]1Cc2c([nH]c3c(F)cccc23)[C@@H](c2c(F)cc(C(O)C3CN(CCCF)C3)cc2F)N1CC(F)(F)CO. The van der Waals surface area contributed by atoms with E-state index in [1.807, 2.05) is 4.90 Å². The summed E-state index contributed by atoms with van der Waals surface area (Å²) in [5.41, 5.74) is 0.415. The summed E-state index contributed by atoms with van der Waals surface area (Å²) >= 11 is 0. The maximum atomic E-state index is 15.8. The van der Waals surface area contributed by atoms with E-state index in [-0.39, 0.29) is 29.1 Å². The number of rotatable bonds is 9. The number of benzene rings is 2. The number of aliphatic hydroxyl groups is 2. The van der Waals surface area contributed by atoms with Crippen LogP contribution < -0.4 is 0 Å². The van der Waals surface area contributed by atoms with Crippen LogP contribution in [0.25, 0.3) is 10.9 Å². The quantitative estimate of drug-likeness (QED) is 0.330. The van der Waals surface area contributed by atoms with Crippen LogP contribution in [-0.4, -0.2) is 76.4 Å². The van der Waals surface area contributed by atoms with E-state index in [2.05, 4.69) is 4.98 Å². The number of nitrogens with zero attached hydrogens (tertiary/aromatic N) is 2. The highest BCUT2D eigenvalue weighted by Crippen LogP contribution is 2.44. The van der Waals surface area contributed by atoms with E-state index >= 15 is 8.78 Å². The average molecular weight is 556 g/mol. The number of likely N-dealkylation sites (tertiary alicyclic amines) is 1. The molecule has 1 fully saturated rings. The van der Waals surface area contributed by atoms with Crippen molar-refractivity contribution in [3.63, 3.8) is 0 Å². The van der Waals surface area contributed by atoms with E-state index in [0.717, 1.165) is 12.1 Å². The molecule has 2 aromatic carbocycles. The van der Waals surface area contributed by atoms with Gasteiger partial charge in [0.05, 0.1) is 30.9 Å². The van der Waals surface area contributed by atoms with Crippen molar-refractivity contribution in [2.24, 2.45) is 5.92 Å². The van der Waals surface area contributed by atoms with E-state index in [1.165, 1.54) is 17.0 Å². The molecule has 1 aromatic heterocycles. The van der Waals surface area contributed by atoms with Crippen molar-refractivity contribution < 1.29 is 36.6 Å². The lowest BCUT2D eigenvalue weighted by atomic mass is 9.85. The van der Waals surface area contributed by atoms with Gasteiger partial charge in [-0.1, -0.05) is 12.1 Å². The lowest BCUT2D eigenvalue weighted by Gasteiger charge is -2.43. The van der Waals surface area contributed by atoms with Crippen LogP contribution in [0.5, 0.6) is 0 Å². The fourth-order valence-corrected chi connectivity index (χ4v) is 6.00. The summed E-state index contributed by atoms with van der Waals surface area (Å²) in [7, 11) is 0. The highest BCUT2D eigenvalue weighted by atomic mass is 19.3. The maximum Gasteiger partial charge on any atom is 0.283 e. The van der Waals surface area contributed by atoms with Crippen molar-refractivity contribution in [2.75, 3.05) is 39.5 Å². The maximum absolute atomic E-state index is 15.8. The van der Waals surface area contributed by atoms with Crippen LogP contribution in [0.4, 0.5) is 26.3 Å². The van der Waals surface area contributed by atoms with Gasteiger partial charge >= 0.3 is 0 Å². The Kier molecular flexibility index (Phi) is 7.71. The van der Waals surface area contributed by atoms with Crippen LogP contribution in [0.1, 0.15) is 47.9 Å². The Balaban J connectivity index is 1.55. The molecule has 3 atom stereocenters. The van der Waals surface area contributed by atoms with Gasteiger partial charge in [0.1, 0.15) is 24.1 Å². The monoisotopic (exact) mass is 555 g/mol. The summed E-state index contributed by atoms with van der Waals surface area (Å²) < 4.78 is 87.5. The molecule has 5 nitrogen and oxygen atoms in total. The van der Waals surface area contributed by atoms with Gasteiger partial charge in [0.25, 0.3) is 5.92 Å². The molecule has 0 radical (unpaired) electrons. The first-order valence-corrected chi connectivity index (χ1v) is 13.0. The molecule has 2 aliphatic rings. The molecule has 1 saturated heterocycles. The Morgan fingerprint density at radius 2 is 1.79 bits per heavy atom. The second-order valence-electron chi connectivity index (χ2n) is 10.7. The molecule has 0 bridgehead atoms. The van der Waals surface area contributed by atoms with Crippen LogP contribution in [0.3, 0.4) is 0 Å². The van der Waals surface area contributed by atoms with Gasteiger partial charge in [0.2, 0.25) is 0 Å². The molecule has 39 heavy (non-hydrogen) atoms. The Bertz CT molecular complexity index is 1320. The van der Waals surface area contributed by atoms with Crippen LogP contribution in [0, 0.1) is 23.4 Å². The van der Waals surface area contributed by atoms with Crippen LogP contribution in [0.2, 0.25) is 0 Å². The number of aromatic amines is 1. The topological polar surface area (TPSA) is 62.7 Å². The normalized spacial score (nSPS) is 21.8. The molecule has 0 spiro atoms. The third-order valence-corrected chi connectivity index (χ3v) is 8.00. The van der Waals surface area contributed by atoms with E-state index < -0.39 is 67.0 Å². The molecule has 5 rings (SSSR count). The van der Waals surface area contributed by atoms with Crippen molar-refractivity contribution in [2.45, 2.75) is 43.9 Å². The number of aliphatic hydroxyl groups excluding tert-OH is 2. The second-order valence-corrected chi connectivity index (χ2v) is 10.7. The van der Waals surface area contributed by atoms with Gasteiger partial charge in [-0.2, -0.15) is 0 Å². The molecule has 1 unspecified atom stereocenters. The highest BCUT2D eigenvalue weighted by Gasteiger charge is 2.44.